The van der Waals surface area contributed by atoms with E-state index in [2.05, 4.69) is 25.9 Å². The second kappa shape index (κ2) is 6.79. The maximum absolute atomic E-state index is 12.8. The Bertz CT molecular complexity index is 982. The third-order valence-electron chi connectivity index (χ3n) is 4.46. The summed E-state index contributed by atoms with van der Waals surface area (Å²) in [7, 11) is 0. The van der Waals surface area contributed by atoms with E-state index in [0.29, 0.717) is 32.0 Å². The van der Waals surface area contributed by atoms with E-state index >= 15 is 0 Å². The first-order valence-electron chi connectivity index (χ1n) is 8.27. The van der Waals surface area contributed by atoms with Crippen molar-refractivity contribution in [3.8, 4) is 0 Å². The van der Waals surface area contributed by atoms with Gasteiger partial charge in [0.2, 0.25) is 0 Å². The van der Waals surface area contributed by atoms with E-state index < -0.39 is 11.7 Å². The Kier molecular flexibility index (Phi) is 4.59. The molecule has 0 amide bonds. The van der Waals surface area contributed by atoms with Gasteiger partial charge in [-0.05, 0) is 19.1 Å². The zero-order valence-corrected chi connectivity index (χ0v) is 15.9. The van der Waals surface area contributed by atoms with Crippen LogP contribution in [0.25, 0.3) is 10.2 Å². The van der Waals surface area contributed by atoms with Crippen molar-refractivity contribution < 1.29 is 13.2 Å². The van der Waals surface area contributed by atoms with Crippen LogP contribution in [0.1, 0.15) is 10.4 Å². The first kappa shape index (κ1) is 18.2. The highest BCUT2D eigenvalue weighted by Gasteiger charge is 2.32. The van der Waals surface area contributed by atoms with E-state index in [1.807, 2.05) is 11.8 Å². The SMILES string of the molecule is Cc1cc2c(N3CCN(c4ncc(C(F)(F)F)cc4Cl)CC3)ncnc2s1. The molecule has 0 spiro atoms. The first-order chi connectivity index (χ1) is 12.8. The Balaban J connectivity index is 1.52. The number of nitrogens with zero attached hydrogens (tertiary/aromatic N) is 5. The molecule has 0 atom stereocenters. The van der Waals surface area contributed by atoms with Gasteiger partial charge in [-0.1, -0.05) is 11.6 Å². The van der Waals surface area contributed by atoms with E-state index in [-0.39, 0.29) is 5.02 Å². The van der Waals surface area contributed by atoms with Crippen molar-refractivity contribution in [2.45, 2.75) is 13.1 Å². The molecular weight excluding hydrogens is 399 g/mol. The smallest absolute Gasteiger partial charge is 0.352 e. The average Bonchev–Trinajstić information content (AvgIpc) is 3.01. The number of aromatic nitrogens is 3. The quantitative estimate of drug-likeness (QED) is 0.623. The third-order valence-corrected chi connectivity index (χ3v) is 5.70. The van der Waals surface area contributed by atoms with Gasteiger partial charge in [0, 0.05) is 37.3 Å². The molecule has 0 radical (unpaired) electrons. The molecule has 3 aromatic rings. The van der Waals surface area contributed by atoms with Gasteiger partial charge in [-0.15, -0.1) is 11.3 Å². The Hall–Kier alpha value is -2.13. The monoisotopic (exact) mass is 413 g/mol. The standard InChI is InChI=1S/C17H15ClF3N5S/c1-10-6-12-14(23-9-24-16(12)27-10)25-2-4-26(5-3-25)15-13(18)7-11(8-22-15)17(19,20)21/h6-9H,2-5H2,1H3. The van der Waals surface area contributed by atoms with Crippen LogP contribution in [0.5, 0.6) is 0 Å². The summed E-state index contributed by atoms with van der Waals surface area (Å²) in [6, 6.07) is 3.01. The van der Waals surface area contributed by atoms with Crippen LogP contribution in [0, 0.1) is 6.92 Å². The van der Waals surface area contributed by atoms with Gasteiger partial charge in [0.15, 0.2) is 0 Å². The fourth-order valence-electron chi connectivity index (χ4n) is 3.16. The molecule has 10 heteroatoms. The molecule has 1 saturated heterocycles. The number of halogens is 4. The fraction of sp³-hybridized carbons (Fsp3) is 0.353. The summed E-state index contributed by atoms with van der Waals surface area (Å²) in [6.07, 6.45) is -2.06. The number of rotatable bonds is 2. The van der Waals surface area contributed by atoms with Gasteiger partial charge in [0.1, 0.15) is 22.8 Å². The molecule has 27 heavy (non-hydrogen) atoms. The summed E-state index contributed by atoms with van der Waals surface area (Å²) in [4.78, 5) is 18.9. The molecule has 1 aliphatic heterocycles. The van der Waals surface area contributed by atoms with E-state index in [1.54, 1.807) is 17.7 Å². The molecule has 1 fully saturated rings. The summed E-state index contributed by atoms with van der Waals surface area (Å²) in [5.74, 6) is 1.26. The van der Waals surface area contributed by atoms with Crippen LogP contribution < -0.4 is 9.80 Å². The molecule has 5 nitrogen and oxygen atoms in total. The lowest BCUT2D eigenvalue weighted by molar-refractivity contribution is -0.137. The zero-order valence-electron chi connectivity index (χ0n) is 14.3. The second-order valence-corrected chi connectivity index (χ2v) is 7.92. The summed E-state index contributed by atoms with van der Waals surface area (Å²) in [6.45, 7) is 4.55. The Morgan fingerprint density at radius 3 is 2.30 bits per heavy atom. The van der Waals surface area contributed by atoms with Gasteiger partial charge in [-0.2, -0.15) is 13.2 Å². The van der Waals surface area contributed by atoms with Crippen molar-refractivity contribution in [1.82, 2.24) is 15.0 Å². The minimum atomic E-state index is -4.45. The molecule has 0 bridgehead atoms. The lowest BCUT2D eigenvalue weighted by atomic mass is 10.2. The predicted molar refractivity (Wildman–Crippen MR) is 101 cm³/mol. The lowest BCUT2D eigenvalue weighted by Gasteiger charge is -2.36. The molecular formula is C17H15ClF3N5S. The van der Waals surface area contributed by atoms with Gasteiger partial charge in [0.25, 0.3) is 0 Å². The minimum absolute atomic E-state index is 0.0103. The lowest BCUT2D eigenvalue weighted by Crippen LogP contribution is -2.47. The molecule has 3 aromatic heterocycles. The summed E-state index contributed by atoms with van der Waals surface area (Å²) in [5.41, 5.74) is -0.842. The number of alkyl halides is 3. The molecule has 4 heterocycles. The number of aryl methyl sites for hydroxylation is 1. The summed E-state index contributed by atoms with van der Waals surface area (Å²) >= 11 is 7.69. The van der Waals surface area contributed by atoms with E-state index in [4.69, 9.17) is 11.6 Å². The van der Waals surface area contributed by atoms with E-state index in [1.165, 1.54) is 4.88 Å². The number of anilines is 2. The molecule has 1 aliphatic rings. The molecule has 4 rings (SSSR count). The van der Waals surface area contributed by atoms with Gasteiger partial charge in [-0.25, -0.2) is 15.0 Å². The highest BCUT2D eigenvalue weighted by Crippen LogP contribution is 2.34. The maximum Gasteiger partial charge on any atom is 0.417 e. The van der Waals surface area contributed by atoms with Crippen molar-refractivity contribution in [2.75, 3.05) is 36.0 Å². The van der Waals surface area contributed by atoms with Crippen LogP contribution in [0.4, 0.5) is 24.8 Å². The highest BCUT2D eigenvalue weighted by atomic mass is 35.5. The third kappa shape index (κ3) is 3.53. The Morgan fingerprint density at radius 2 is 1.67 bits per heavy atom. The van der Waals surface area contributed by atoms with Crippen LogP contribution in [-0.2, 0) is 6.18 Å². The van der Waals surface area contributed by atoms with Crippen molar-refractivity contribution >= 4 is 44.8 Å². The van der Waals surface area contributed by atoms with E-state index in [0.717, 1.165) is 28.3 Å². The molecule has 0 unspecified atom stereocenters. The molecule has 142 valence electrons. The molecule has 0 saturated carbocycles. The summed E-state index contributed by atoms with van der Waals surface area (Å²) in [5, 5.41) is 1.04. The summed E-state index contributed by atoms with van der Waals surface area (Å²) < 4.78 is 38.3. The van der Waals surface area contributed by atoms with Gasteiger partial charge >= 0.3 is 6.18 Å². The first-order valence-corrected chi connectivity index (χ1v) is 9.46. The zero-order chi connectivity index (χ0) is 19.2. The van der Waals surface area contributed by atoms with Crippen LogP contribution in [0.15, 0.2) is 24.7 Å². The second-order valence-electron chi connectivity index (χ2n) is 6.27. The van der Waals surface area contributed by atoms with Gasteiger partial charge in [0.05, 0.1) is 16.0 Å². The van der Waals surface area contributed by atoms with Gasteiger partial charge < -0.3 is 9.80 Å². The number of hydrogen-bond acceptors (Lipinski definition) is 6. The highest BCUT2D eigenvalue weighted by molar-refractivity contribution is 7.18. The van der Waals surface area contributed by atoms with Crippen molar-refractivity contribution in [1.29, 1.82) is 0 Å². The topological polar surface area (TPSA) is 45.2 Å². The number of pyridine rings is 1. The number of piperazine rings is 1. The molecule has 0 N–H and O–H groups in total. The Labute approximate surface area is 162 Å². The van der Waals surface area contributed by atoms with Gasteiger partial charge in [-0.3, -0.25) is 0 Å². The van der Waals surface area contributed by atoms with Crippen molar-refractivity contribution in [3.05, 3.63) is 40.1 Å². The number of hydrogen-bond donors (Lipinski definition) is 0. The van der Waals surface area contributed by atoms with Crippen molar-refractivity contribution in [2.24, 2.45) is 0 Å². The van der Waals surface area contributed by atoms with Crippen LogP contribution in [-0.4, -0.2) is 41.1 Å². The number of fused-ring (bicyclic) bond motifs is 1. The molecule has 0 aromatic carbocycles. The minimum Gasteiger partial charge on any atom is -0.352 e. The van der Waals surface area contributed by atoms with E-state index in [9.17, 15) is 13.2 Å². The molecule has 0 aliphatic carbocycles. The van der Waals surface area contributed by atoms with Crippen LogP contribution in [0.2, 0.25) is 5.02 Å². The maximum atomic E-state index is 12.8. The predicted octanol–water partition coefficient (Wildman–Crippen LogP) is 4.39. The largest absolute Gasteiger partial charge is 0.417 e. The fourth-order valence-corrected chi connectivity index (χ4v) is 4.29. The average molecular weight is 414 g/mol. The Morgan fingerprint density at radius 1 is 1.00 bits per heavy atom. The normalized spacial score (nSPS) is 15.6. The number of thiophene rings is 1. The van der Waals surface area contributed by atoms with Crippen molar-refractivity contribution in [3.63, 3.8) is 0 Å². The van der Waals surface area contributed by atoms with Crippen LogP contribution in [0.3, 0.4) is 0 Å². The van der Waals surface area contributed by atoms with Crippen LogP contribution >= 0.6 is 22.9 Å².